The van der Waals surface area contributed by atoms with Crippen LogP contribution >= 0.6 is 0 Å². The van der Waals surface area contributed by atoms with Gasteiger partial charge in [-0.15, -0.1) is 0 Å². The highest BCUT2D eigenvalue weighted by molar-refractivity contribution is 6.02. The van der Waals surface area contributed by atoms with Gasteiger partial charge in [-0.3, -0.25) is 9.59 Å². The summed E-state index contributed by atoms with van der Waals surface area (Å²) in [5.41, 5.74) is 2.27. The SMILES string of the molecule is CC(C)CNC(=O)c1cc(NC(=O)C(C)C)ccc1N1CCC(C)CC1. The molecule has 1 aliphatic heterocycles. The fourth-order valence-corrected chi connectivity index (χ4v) is 3.00. The Bertz CT molecular complexity index is 632. The molecule has 1 aliphatic rings. The molecule has 0 spiro atoms. The van der Waals surface area contributed by atoms with Crippen LogP contribution in [0.2, 0.25) is 0 Å². The van der Waals surface area contributed by atoms with Crippen LogP contribution < -0.4 is 15.5 Å². The average Bonchev–Trinajstić information content (AvgIpc) is 2.60. The summed E-state index contributed by atoms with van der Waals surface area (Å²) in [5, 5.41) is 5.91. The Hall–Kier alpha value is -2.04. The van der Waals surface area contributed by atoms with Crippen LogP contribution in [0.25, 0.3) is 0 Å². The van der Waals surface area contributed by atoms with Gasteiger partial charge in [0.2, 0.25) is 5.91 Å². The summed E-state index contributed by atoms with van der Waals surface area (Å²) in [6, 6.07) is 5.67. The highest BCUT2D eigenvalue weighted by atomic mass is 16.2. The van der Waals surface area contributed by atoms with Gasteiger partial charge in [0, 0.05) is 36.9 Å². The monoisotopic (exact) mass is 359 g/mol. The maximum absolute atomic E-state index is 12.8. The summed E-state index contributed by atoms with van der Waals surface area (Å²) in [5.74, 6) is 0.902. The molecular weight excluding hydrogens is 326 g/mol. The second kappa shape index (κ2) is 9.06. The average molecular weight is 360 g/mol. The first-order chi connectivity index (χ1) is 12.3. The van der Waals surface area contributed by atoms with E-state index in [0.717, 1.165) is 37.5 Å². The number of hydrogen-bond donors (Lipinski definition) is 2. The van der Waals surface area contributed by atoms with E-state index in [1.165, 1.54) is 0 Å². The van der Waals surface area contributed by atoms with E-state index < -0.39 is 0 Å². The molecular formula is C21H33N3O2. The van der Waals surface area contributed by atoms with Gasteiger partial charge in [-0.1, -0.05) is 34.6 Å². The second-order valence-electron chi connectivity index (χ2n) is 8.15. The third-order valence-electron chi connectivity index (χ3n) is 4.83. The number of carbonyl (C=O) groups excluding carboxylic acids is 2. The van der Waals surface area contributed by atoms with E-state index in [4.69, 9.17) is 0 Å². The number of hydrogen-bond acceptors (Lipinski definition) is 3. The summed E-state index contributed by atoms with van der Waals surface area (Å²) < 4.78 is 0. The van der Waals surface area contributed by atoms with E-state index in [1.54, 1.807) is 0 Å². The number of piperidine rings is 1. The van der Waals surface area contributed by atoms with Crippen molar-refractivity contribution in [2.24, 2.45) is 17.8 Å². The lowest BCUT2D eigenvalue weighted by Gasteiger charge is -2.33. The van der Waals surface area contributed by atoms with Gasteiger partial charge in [0.25, 0.3) is 5.91 Å². The number of carbonyl (C=O) groups is 2. The predicted molar refractivity (Wildman–Crippen MR) is 108 cm³/mol. The Morgan fingerprint density at radius 1 is 1.15 bits per heavy atom. The number of nitrogens with one attached hydrogen (secondary N) is 2. The van der Waals surface area contributed by atoms with Gasteiger partial charge in [-0.25, -0.2) is 0 Å². The molecule has 0 atom stereocenters. The maximum Gasteiger partial charge on any atom is 0.253 e. The van der Waals surface area contributed by atoms with Gasteiger partial charge in [0.15, 0.2) is 0 Å². The van der Waals surface area contributed by atoms with Crippen molar-refractivity contribution in [1.29, 1.82) is 0 Å². The molecule has 1 saturated heterocycles. The summed E-state index contributed by atoms with van der Waals surface area (Å²) in [6.45, 7) is 12.7. The first kappa shape index (κ1) is 20.3. The molecule has 5 nitrogen and oxygen atoms in total. The summed E-state index contributed by atoms with van der Waals surface area (Å²) in [4.78, 5) is 27.1. The zero-order valence-electron chi connectivity index (χ0n) is 16.8. The normalized spacial score (nSPS) is 15.4. The minimum absolute atomic E-state index is 0.0434. The molecule has 26 heavy (non-hydrogen) atoms. The predicted octanol–water partition coefficient (Wildman–Crippen LogP) is 3.90. The van der Waals surface area contributed by atoms with Crippen molar-refractivity contribution in [2.75, 3.05) is 29.9 Å². The van der Waals surface area contributed by atoms with Crippen LogP contribution in [-0.2, 0) is 4.79 Å². The molecule has 1 heterocycles. The number of amides is 2. The van der Waals surface area contributed by atoms with E-state index >= 15 is 0 Å². The largest absolute Gasteiger partial charge is 0.371 e. The lowest BCUT2D eigenvalue weighted by Crippen LogP contribution is -2.35. The van der Waals surface area contributed by atoms with Gasteiger partial charge >= 0.3 is 0 Å². The summed E-state index contributed by atoms with van der Waals surface area (Å²) in [6.07, 6.45) is 2.28. The van der Waals surface area contributed by atoms with Crippen molar-refractivity contribution in [3.05, 3.63) is 23.8 Å². The highest BCUT2D eigenvalue weighted by Crippen LogP contribution is 2.29. The van der Waals surface area contributed by atoms with Crippen LogP contribution in [0, 0.1) is 17.8 Å². The minimum atomic E-state index is -0.100. The Kier molecular flexibility index (Phi) is 7.06. The molecule has 1 fully saturated rings. The van der Waals surface area contributed by atoms with Gasteiger partial charge in [0.05, 0.1) is 5.56 Å². The first-order valence-electron chi connectivity index (χ1n) is 9.76. The third-order valence-corrected chi connectivity index (χ3v) is 4.83. The fraction of sp³-hybridized carbons (Fsp3) is 0.619. The fourth-order valence-electron chi connectivity index (χ4n) is 3.00. The van der Waals surface area contributed by atoms with Crippen LogP contribution in [0.3, 0.4) is 0 Å². The van der Waals surface area contributed by atoms with Crippen molar-refractivity contribution >= 4 is 23.2 Å². The van der Waals surface area contributed by atoms with E-state index in [0.29, 0.717) is 23.7 Å². The lowest BCUT2D eigenvalue weighted by molar-refractivity contribution is -0.118. The minimum Gasteiger partial charge on any atom is -0.371 e. The van der Waals surface area contributed by atoms with Crippen molar-refractivity contribution in [1.82, 2.24) is 5.32 Å². The smallest absolute Gasteiger partial charge is 0.253 e. The van der Waals surface area contributed by atoms with Gasteiger partial charge in [-0.2, -0.15) is 0 Å². The van der Waals surface area contributed by atoms with Gasteiger partial charge < -0.3 is 15.5 Å². The Morgan fingerprint density at radius 2 is 1.81 bits per heavy atom. The third kappa shape index (κ3) is 5.48. The standard InChI is InChI=1S/C21H33N3O2/c1-14(2)13-22-21(26)18-12-17(23-20(25)15(3)4)6-7-19(18)24-10-8-16(5)9-11-24/h6-7,12,14-16H,8-11,13H2,1-5H3,(H,22,26)(H,23,25). The van der Waals surface area contributed by atoms with E-state index in [1.807, 2.05) is 32.0 Å². The van der Waals surface area contributed by atoms with Gasteiger partial charge in [-0.05, 0) is 42.9 Å². The molecule has 1 aromatic rings. The first-order valence-corrected chi connectivity index (χ1v) is 9.76. The molecule has 0 saturated carbocycles. The van der Waals surface area contributed by atoms with E-state index in [9.17, 15) is 9.59 Å². The molecule has 2 amide bonds. The molecule has 0 radical (unpaired) electrons. The molecule has 0 aromatic heterocycles. The van der Waals surface area contributed by atoms with Crippen molar-refractivity contribution < 1.29 is 9.59 Å². The molecule has 5 heteroatoms. The molecule has 0 aliphatic carbocycles. The second-order valence-corrected chi connectivity index (χ2v) is 8.15. The number of rotatable bonds is 6. The Morgan fingerprint density at radius 3 is 2.38 bits per heavy atom. The molecule has 144 valence electrons. The Balaban J connectivity index is 2.27. The number of anilines is 2. The van der Waals surface area contributed by atoms with Crippen LogP contribution in [0.15, 0.2) is 18.2 Å². The van der Waals surface area contributed by atoms with Crippen LogP contribution in [0.5, 0.6) is 0 Å². The van der Waals surface area contributed by atoms with Crippen molar-refractivity contribution in [3.8, 4) is 0 Å². The quantitative estimate of drug-likeness (QED) is 0.810. The van der Waals surface area contributed by atoms with Gasteiger partial charge in [0.1, 0.15) is 0 Å². The topological polar surface area (TPSA) is 61.4 Å². The lowest BCUT2D eigenvalue weighted by atomic mass is 9.97. The van der Waals surface area contributed by atoms with Crippen LogP contribution in [0.1, 0.15) is 57.8 Å². The number of nitrogens with zero attached hydrogens (tertiary/aromatic N) is 1. The van der Waals surface area contributed by atoms with E-state index in [2.05, 4.69) is 36.3 Å². The van der Waals surface area contributed by atoms with Crippen LogP contribution in [-0.4, -0.2) is 31.4 Å². The zero-order chi connectivity index (χ0) is 19.3. The maximum atomic E-state index is 12.8. The van der Waals surface area contributed by atoms with Crippen LogP contribution in [0.4, 0.5) is 11.4 Å². The van der Waals surface area contributed by atoms with Crippen molar-refractivity contribution in [3.63, 3.8) is 0 Å². The van der Waals surface area contributed by atoms with E-state index in [-0.39, 0.29) is 17.7 Å². The zero-order valence-corrected chi connectivity index (χ0v) is 16.8. The molecule has 2 rings (SSSR count). The highest BCUT2D eigenvalue weighted by Gasteiger charge is 2.22. The molecule has 0 bridgehead atoms. The summed E-state index contributed by atoms with van der Waals surface area (Å²) >= 11 is 0. The molecule has 1 aromatic carbocycles. The molecule has 2 N–H and O–H groups in total. The van der Waals surface area contributed by atoms with Crippen molar-refractivity contribution in [2.45, 2.75) is 47.5 Å². The Labute approximate surface area is 157 Å². The molecule has 0 unspecified atom stereocenters. The summed E-state index contributed by atoms with van der Waals surface area (Å²) in [7, 11) is 0. The number of benzene rings is 1.